The fraction of sp³-hybridized carbons (Fsp3) is 0.912. The number of hydrogen-bond donors (Lipinski definition) is 0. The van der Waals surface area contributed by atoms with Crippen molar-refractivity contribution in [3.05, 3.63) is 43.1 Å². The van der Waals surface area contributed by atoms with Crippen molar-refractivity contribution in [2.24, 2.45) is 87.3 Å². The molecule has 0 aromatic heterocycles. The van der Waals surface area contributed by atoms with E-state index in [9.17, 15) is 0 Å². The van der Waals surface area contributed by atoms with Crippen LogP contribution in [0.3, 0.4) is 0 Å². The Balaban J connectivity index is -0.00000000347. The smallest absolute Gasteiger partial charge is 0 e. The first-order valence-corrected chi connectivity index (χ1v) is 25.3. The van der Waals surface area contributed by atoms with Gasteiger partial charge in [-0.25, -0.2) is 0 Å². The van der Waals surface area contributed by atoms with E-state index in [1.165, 1.54) is 12.8 Å². The van der Waals surface area contributed by atoms with Crippen molar-refractivity contribution >= 4 is 0 Å². The molecule has 0 nitrogen and oxygen atoms in total. The van der Waals surface area contributed by atoms with Crippen LogP contribution in [-0.2, 0) is 1280 Å². The average molecular weight is 4460 g/mol. The van der Waals surface area contributed by atoms with Gasteiger partial charge in [0.1, 0.15) is 0 Å². The van der Waals surface area contributed by atoms with Gasteiger partial charge >= 0.3 is 0 Å². The first-order valence-electron chi connectivity index (χ1n) is 25.3. The summed E-state index contributed by atoms with van der Waals surface area (Å²) in [7, 11) is 0. The normalized spacial score (nSPS) is 17.0. The molecule has 3 fully saturated rings. The largest absolute Gasteiger partial charge is 0.366 e. The average Bonchev–Trinajstić information content (AvgIpc) is 3.56. The SMILES string of the molecule is C.C.C.C.C.C.C.C.C.C.CC.CC.CC.CC.CC.CC.CC.CC.CC.CC.C[C@@H]1[C@H](C)[C@H](C)C(C)(C)[C@@H]1C.[CH2-]C1(CCC)[C@H](C)[C@H](C)[C@H](C)[C@@H]1C.[CH2-]C1([CH2-])[C@H](C)[C@H](C)[C@H](C)[C@@H]1C.[CH3-].[CH3-].[CH3-].[Y].[Y].[Y].[Y].[Y].[Y].[Y].[Y].[Y].[Y].[Y].[Y].[Y].[Y].[Y].[Y].[Y].[Y].[Y].[Y].[Y].[Y].[Y].[Y].[Y].[Y].[Y].[Y].[Y].[Y].[Y].[Y].[Y].[Y].[Y].[Y].[Y].[Y].[Y]. The van der Waals surface area contributed by atoms with Crippen LogP contribution < -0.4 is 0 Å². The molecule has 39 heteroatoms. The standard InChI is InChI=1S/C13H25.C11H22.C11H20.10C2H6.10CH4.3CH3.39Y/c1-7-8-13(6)11(4)9(2)10(3)12(13)5;2*1-7-8(2)10(4)11(5,6)9(7)3;10*1-2;;;;;;;;;;;;;;;;;;;;;;;;;;;;;;;;;;;;;;;;;;;;;;;;;;;;/h9-12H,6-8H2,1-5H3;7-10H,1-6H3;7-10H,5-6H2,1-4H3;10*1-2H3;10*1H4;3*1H3;;;;;;;;;;;;;;;;;;;;;;;;;;;;;;;;;;;;;;;/q-1;;-2;;;;;;;;;;;;;;;;;;;;;3*-1;;;;;;;;;;;;;;;;;;;;;;;;;;;;;;;;;;;;;;;/t9-,10+,11-,12+,13?;2*7-,8+,9-,10+;;;;;;;;;;;;;;;;;;;;;;;;;;;;;;;;;;;;;;;;;;;;;;;;;;;;;;;;;;;;;;. The summed E-state index contributed by atoms with van der Waals surface area (Å²) in [5, 5.41) is 0. The molecule has 3 saturated carbocycles. The minimum absolute atomic E-state index is 0. The predicted molar refractivity (Wildman–Crippen MR) is 360 cm³/mol. The first kappa shape index (κ1) is 430. The summed E-state index contributed by atoms with van der Waals surface area (Å²) in [6, 6.07) is 0. The molecule has 0 aliphatic heterocycles. The van der Waals surface area contributed by atoms with Crippen LogP contribution in [0.15, 0.2) is 0 Å². The van der Waals surface area contributed by atoms with Crippen molar-refractivity contribution in [3.8, 4) is 0 Å². The molecule has 0 aromatic carbocycles. The van der Waals surface area contributed by atoms with E-state index in [-0.39, 0.29) is 1380 Å². The molecule has 13 atom stereocenters. The summed E-state index contributed by atoms with van der Waals surface area (Å²) in [5.41, 5.74) is 0.964. The van der Waals surface area contributed by atoms with E-state index in [4.69, 9.17) is 0 Å². The monoisotopic (exact) mass is 4460 g/mol. The summed E-state index contributed by atoms with van der Waals surface area (Å²) in [6.45, 7) is 88.5. The summed E-state index contributed by atoms with van der Waals surface area (Å²) >= 11 is 0. The van der Waals surface area contributed by atoms with Crippen molar-refractivity contribution in [3.63, 3.8) is 0 Å². The molecule has 0 N–H and O–H groups in total. The molecular weight excluding hydrogens is 4280 g/mol. The van der Waals surface area contributed by atoms with Gasteiger partial charge in [0, 0.05) is 1280 Å². The van der Waals surface area contributed by atoms with Gasteiger partial charge < -0.3 is 43.1 Å². The molecule has 1 unspecified atom stereocenters. The van der Waals surface area contributed by atoms with E-state index in [1.807, 2.05) is 138 Å². The Morgan fingerprint density at radius 1 is 0.187 bits per heavy atom. The summed E-state index contributed by atoms with van der Waals surface area (Å²) in [5.74, 6) is 9.72. The zero-order valence-corrected chi connectivity index (χ0v) is 183. The second-order valence-electron chi connectivity index (χ2n) is 14.9. The van der Waals surface area contributed by atoms with Crippen LogP contribution in [0.25, 0.3) is 0 Å². The van der Waals surface area contributed by atoms with Crippen LogP contribution in [0.1, 0.15) is 329 Å². The Morgan fingerprint density at radius 3 is 0.327 bits per heavy atom. The maximum absolute atomic E-state index is 4.52. The van der Waals surface area contributed by atoms with Crippen LogP contribution in [0.4, 0.5) is 0 Å². The van der Waals surface area contributed by atoms with Crippen LogP contribution in [-0.4, -0.2) is 0 Å². The third-order valence-corrected chi connectivity index (χ3v) is 13.9. The summed E-state index contributed by atoms with van der Waals surface area (Å²) < 4.78 is 0. The van der Waals surface area contributed by atoms with Gasteiger partial charge in [-0.3, -0.25) is 5.41 Å². The predicted octanol–water partition coefficient (Wildman–Crippen LogP) is 28.8. The van der Waals surface area contributed by atoms with E-state index in [0.29, 0.717) is 22.7 Å². The molecule has 0 spiro atoms. The van der Waals surface area contributed by atoms with Crippen molar-refractivity contribution in [2.75, 3.05) is 0 Å². The van der Waals surface area contributed by atoms with Crippen molar-refractivity contribution < 1.29 is 1280 Å². The third-order valence-electron chi connectivity index (χ3n) is 13.9. The Bertz CT molecular complexity index is 660. The van der Waals surface area contributed by atoms with E-state index >= 15 is 0 Å². The Hall–Kier alpha value is 43.1. The number of hydrogen-bond acceptors (Lipinski definition) is 0. The molecule has 0 amide bonds. The molecule has 3 rings (SSSR count). The third kappa shape index (κ3) is 227. The Labute approximate surface area is 1680 Å². The minimum Gasteiger partial charge on any atom is -0.366 e. The van der Waals surface area contributed by atoms with E-state index in [1.54, 1.807) is 0 Å². The van der Waals surface area contributed by atoms with Crippen LogP contribution in [0.2, 0.25) is 0 Å². The molecule has 39 radical (unpaired) electrons. The van der Waals surface area contributed by atoms with E-state index in [2.05, 4.69) is 125 Å². The molecule has 107 heavy (non-hydrogen) atoms. The Kier molecular flexibility index (Phi) is 1340. The maximum Gasteiger partial charge on any atom is 0 e. The summed E-state index contributed by atoms with van der Waals surface area (Å²) in [4.78, 5) is 0. The minimum atomic E-state index is 0. The fourth-order valence-corrected chi connectivity index (χ4v) is 8.35. The topological polar surface area (TPSA) is 0 Å². The maximum atomic E-state index is 4.52. The van der Waals surface area contributed by atoms with Gasteiger partial charge in [0.15, 0.2) is 0 Å². The quantitative estimate of drug-likeness (QED) is 0.242. The zero-order chi connectivity index (χ0) is 47.8. The molecule has 0 saturated heterocycles. The van der Waals surface area contributed by atoms with Crippen LogP contribution in [0, 0.1) is 130 Å². The van der Waals surface area contributed by atoms with Crippen molar-refractivity contribution in [1.29, 1.82) is 0 Å². The summed E-state index contributed by atoms with van der Waals surface area (Å²) in [6.07, 6.45) is 2.57. The molecule has 571 valence electrons. The van der Waals surface area contributed by atoms with Gasteiger partial charge in [0.05, 0.1) is 0 Å². The first-order chi connectivity index (χ1) is 25.7. The Morgan fingerprint density at radius 2 is 0.271 bits per heavy atom. The van der Waals surface area contributed by atoms with Crippen LogP contribution in [0.5, 0.6) is 0 Å². The van der Waals surface area contributed by atoms with Crippen molar-refractivity contribution in [2.45, 2.75) is 329 Å². The van der Waals surface area contributed by atoms with E-state index in [0.717, 1.165) is 59.2 Å². The van der Waals surface area contributed by atoms with Crippen molar-refractivity contribution in [1.82, 2.24) is 0 Å². The second kappa shape index (κ2) is 333. The fourth-order valence-electron chi connectivity index (χ4n) is 8.35. The number of rotatable bonds is 2. The van der Waals surface area contributed by atoms with E-state index < -0.39 is 0 Å². The molecule has 0 heterocycles. The molecule has 0 aromatic rings. The van der Waals surface area contributed by atoms with Crippen LogP contribution >= 0.6 is 0 Å². The van der Waals surface area contributed by atoms with Gasteiger partial charge in [0.25, 0.3) is 0 Å². The van der Waals surface area contributed by atoms with Gasteiger partial charge in [-0.1, -0.05) is 353 Å². The molecular formula is C68H176Y39-6. The van der Waals surface area contributed by atoms with Gasteiger partial charge in [-0.2, -0.15) is 5.41 Å². The van der Waals surface area contributed by atoms with Gasteiger partial charge in [-0.05, 0) is 52.8 Å². The second-order valence-corrected chi connectivity index (χ2v) is 14.9. The van der Waals surface area contributed by atoms with Gasteiger partial charge in [-0.15, -0.1) is 0 Å². The molecule has 3 aliphatic rings. The van der Waals surface area contributed by atoms with Gasteiger partial charge in [0.2, 0.25) is 0 Å². The zero-order valence-electron chi connectivity index (χ0n) is 72.5. The molecule has 0 bridgehead atoms. The molecule has 3 aliphatic carbocycles.